The van der Waals surface area contributed by atoms with Crippen LogP contribution in [0.15, 0.2) is 89.7 Å². The maximum Gasteiger partial charge on any atom is 0.273 e. The van der Waals surface area contributed by atoms with Crippen LogP contribution in [0.4, 0.5) is 0 Å². The number of rotatable bonds is 7. The lowest BCUT2D eigenvalue weighted by Gasteiger charge is -2.06. The van der Waals surface area contributed by atoms with Crippen molar-refractivity contribution in [2.75, 3.05) is 6.61 Å². The van der Waals surface area contributed by atoms with Crippen molar-refractivity contribution in [3.8, 4) is 17.5 Å². The first kappa shape index (κ1) is 23.7. The molecule has 0 aliphatic heterocycles. The molecule has 7 heteroatoms. The molecule has 0 unspecified atom stereocenters. The number of benzene rings is 3. The van der Waals surface area contributed by atoms with Gasteiger partial charge in [0.15, 0.2) is 5.57 Å². The van der Waals surface area contributed by atoms with Gasteiger partial charge in [-0.3, -0.25) is 14.2 Å². The van der Waals surface area contributed by atoms with Gasteiger partial charge in [0, 0.05) is 12.1 Å². The number of hydrogen-bond donors (Lipinski definition) is 1. The van der Waals surface area contributed by atoms with Gasteiger partial charge in [-0.15, -0.1) is 11.3 Å². The third kappa shape index (κ3) is 5.40. The summed E-state index contributed by atoms with van der Waals surface area (Å²) < 4.78 is 7.77. The summed E-state index contributed by atoms with van der Waals surface area (Å²) in [5.41, 5.74) is 1.79. The second-order valence-corrected chi connectivity index (χ2v) is 8.55. The highest BCUT2D eigenvalue weighted by atomic mass is 32.1. The van der Waals surface area contributed by atoms with Gasteiger partial charge in [0.1, 0.15) is 16.5 Å². The molecule has 1 heterocycles. The number of nitriles is 1. The van der Waals surface area contributed by atoms with Crippen molar-refractivity contribution in [2.24, 2.45) is 0 Å². The monoisotopic (exact) mass is 481 g/mol. The number of hydrogen-bond acceptors (Lipinski definition) is 5. The molecule has 6 nitrogen and oxygen atoms in total. The summed E-state index contributed by atoms with van der Waals surface area (Å²) in [4.78, 5) is 26.6. The fraction of sp³-hybridized carbons (Fsp3) is 0.107. The van der Waals surface area contributed by atoms with Gasteiger partial charge in [-0.1, -0.05) is 66.7 Å². The fourth-order valence-electron chi connectivity index (χ4n) is 3.55. The van der Waals surface area contributed by atoms with E-state index in [1.165, 1.54) is 4.57 Å². The van der Waals surface area contributed by atoms with Crippen LogP contribution in [0, 0.1) is 11.3 Å². The Balaban J connectivity index is 1.89. The van der Waals surface area contributed by atoms with Gasteiger partial charge < -0.3 is 10.1 Å². The zero-order valence-corrected chi connectivity index (χ0v) is 19.9. The van der Waals surface area contributed by atoms with E-state index in [2.05, 4.69) is 5.32 Å². The van der Waals surface area contributed by atoms with Crippen LogP contribution in [0.5, 0.6) is 5.75 Å². The van der Waals surface area contributed by atoms with Gasteiger partial charge in [-0.25, -0.2) is 0 Å². The van der Waals surface area contributed by atoms with Gasteiger partial charge in [-0.2, -0.15) is 5.26 Å². The zero-order valence-electron chi connectivity index (χ0n) is 19.1. The summed E-state index contributed by atoms with van der Waals surface area (Å²) in [5.74, 6) is 0.115. The van der Waals surface area contributed by atoms with Crippen LogP contribution < -0.4 is 24.8 Å². The van der Waals surface area contributed by atoms with Crippen LogP contribution in [-0.4, -0.2) is 17.1 Å². The van der Waals surface area contributed by atoms with Crippen molar-refractivity contribution in [3.63, 3.8) is 0 Å². The number of nitrogens with one attached hydrogen (secondary N) is 1. The van der Waals surface area contributed by atoms with E-state index in [9.17, 15) is 14.9 Å². The molecule has 1 amide bonds. The van der Waals surface area contributed by atoms with Crippen LogP contribution in [0.2, 0.25) is 0 Å². The molecule has 0 bridgehead atoms. The normalized spacial score (nSPS) is 12.1. The molecule has 0 aliphatic rings. The average molecular weight is 482 g/mol. The predicted octanol–water partition coefficient (Wildman–Crippen LogP) is 3.12. The molecule has 0 saturated carbocycles. The molecule has 4 aromatic rings. The van der Waals surface area contributed by atoms with Gasteiger partial charge in [0.2, 0.25) is 0 Å². The van der Waals surface area contributed by atoms with Crippen LogP contribution >= 0.6 is 11.3 Å². The smallest absolute Gasteiger partial charge is 0.273 e. The maximum atomic E-state index is 13.5. The minimum absolute atomic E-state index is 0.121. The summed E-state index contributed by atoms with van der Waals surface area (Å²) in [7, 11) is 0. The van der Waals surface area contributed by atoms with E-state index in [1.807, 2.05) is 73.7 Å². The van der Waals surface area contributed by atoms with E-state index < -0.39 is 5.91 Å². The van der Waals surface area contributed by atoms with E-state index in [0.29, 0.717) is 22.6 Å². The number of ether oxygens (including phenoxy) is 1. The SMILES string of the molecule is CCOc1ccccc1/C=c1/s/c(=C(/C#N)C(=O)NCc2ccccc2)n(-c2ccccc2)c1=O. The lowest BCUT2D eigenvalue weighted by molar-refractivity contribution is -0.115. The van der Waals surface area contributed by atoms with Crippen molar-refractivity contribution in [3.05, 3.63) is 116 Å². The Labute approximate surface area is 206 Å². The Hall–Kier alpha value is -4.41. The van der Waals surface area contributed by atoms with E-state index in [4.69, 9.17) is 4.74 Å². The van der Waals surface area contributed by atoms with Crippen LogP contribution in [0.25, 0.3) is 17.3 Å². The van der Waals surface area contributed by atoms with E-state index in [0.717, 1.165) is 22.5 Å². The van der Waals surface area contributed by atoms with Crippen LogP contribution in [-0.2, 0) is 11.3 Å². The standard InChI is InChI=1S/C28H23N3O3S/c1-2-34-24-16-10-9-13-21(24)17-25-27(33)31(22-14-7-4-8-15-22)28(35-25)23(18-29)26(32)30-19-20-11-5-3-6-12-20/h3-17H,2,19H2,1H3,(H,30,32)/b25-17+,28-23-. The molecule has 0 spiro atoms. The molecular weight excluding hydrogens is 458 g/mol. The maximum absolute atomic E-state index is 13.5. The quantitative estimate of drug-likeness (QED) is 0.440. The highest BCUT2D eigenvalue weighted by molar-refractivity contribution is 7.07. The first-order valence-corrected chi connectivity index (χ1v) is 11.9. The molecule has 0 aliphatic carbocycles. The van der Waals surface area contributed by atoms with Crippen molar-refractivity contribution in [1.29, 1.82) is 5.26 Å². The van der Waals surface area contributed by atoms with E-state index in [-0.39, 0.29) is 22.3 Å². The summed E-state index contributed by atoms with van der Waals surface area (Å²) >= 11 is 1.10. The number of carbonyl (C=O) groups is 1. The summed E-state index contributed by atoms with van der Waals surface area (Å²) in [6.45, 7) is 2.65. The Bertz CT molecular complexity index is 1550. The number of amides is 1. The molecule has 1 aromatic heterocycles. The number of nitrogens with zero attached hydrogens (tertiary/aromatic N) is 2. The Kier molecular flexibility index (Phi) is 7.56. The molecule has 3 aromatic carbocycles. The summed E-state index contributed by atoms with van der Waals surface area (Å²) in [5, 5.41) is 12.7. The average Bonchev–Trinajstić information content (AvgIpc) is 3.21. The largest absolute Gasteiger partial charge is 0.493 e. The Morgan fingerprint density at radius 2 is 1.69 bits per heavy atom. The van der Waals surface area contributed by atoms with Crippen molar-refractivity contribution >= 4 is 28.9 Å². The molecule has 0 radical (unpaired) electrons. The second kappa shape index (κ2) is 11.1. The van der Waals surface area contributed by atoms with E-state index in [1.54, 1.807) is 30.3 Å². The third-order valence-corrected chi connectivity index (χ3v) is 6.28. The number of para-hydroxylation sites is 2. The Morgan fingerprint density at radius 1 is 1.03 bits per heavy atom. The van der Waals surface area contributed by atoms with Crippen LogP contribution in [0.1, 0.15) is 18.1 Å². The molecule has 0 fully saturated rings. The molecule has 0 saturated heterocycles. The van der Waals surface area contributed by atoms with Crippen molar-refractivity contribution in [2.45, 2.75) is 13.5 Å². The van der Waals surface area contributed by atoms with Crippen molar-refractivity contribution < 1.29 is 9.53 Å². The Morgan fingerprint density at radius 3 is 2.37 bits per heavy atom. The van der Waals surface area contributed by atoms with E-state index >= 15 is 0 Å². The zero-order chi connectivity index (χ0) is 24.6. The van der Waals surface area contributed by atoms with Crippen molar-refractivity contribution in [1.82, 2.24) is 9.88 Å². The first-order valence-electron chi connectivity index (χ1n) is 11.1. The molecule has 1 N–H and O–H groups in total. The number of carbonyl (C=O) groups excluding carboxylic acids is 1. The molecule has 35 heavy (non-hydrogen) atoms. The lowest BCUT2D eigenvalue weighted by Crippen LogP contribution is -2.33. The minimum atomic E-state index is -0.538. The molecule has 4 rings (SSSR count). The topological polar surface area (TPSA) is 84.1 Å². The first-order chi connectivity index (χ1) is 17.1. The predicted molar refractivity (Wildman–Crippen MR) is 138 cm³/mol. The molecule has 174 valence electrons. The minimum Gasteiger partial charge on any atom is -0.493 e. The highest BCUT2D eigenvalue weighted by Gasteiger charge is 2.17. The van der Waals surface area contributed by atoms with Gasteiger partial charge in [-0.05, 0) is 36.8 Å². The lowest BCUT2D eigenvalue weighted by atomic mass is 10.2. The number of aromatic nitrogens is 1. The summed E-state index contributed by atoms with van der Waals surface area (Å²) in [6, 6.07) is 27.9. The highest BCUT2D eigenvalue weighted by Crippen LogP contribution is 2.18. The van der Waals surface area contributed by atoms with Gasteiger partial charge in [0.05, 0.1) is 16.8 Å². The van der Waals surface area contributed by atoms with Crippen LogP contribution in [0.3, 0.4) is 0 Å². The molecule has 0 atom stereocenters. The van der Waals surface area contributed by atoms with Gasteiger partial charge >= 0.3 is 0 Å². The third-order valence-electron chi connectivity index (χ3n) is 5.19. The number of thiazole rings is 1. The second-order valence-electron chi connectivity index (χ2n) is 7.52. The fourth-order valence-corrected chi connectivity index (χ4v) is 4.64. The molecular formula is C28H23N3O3S. The summed E-state index contributed by atoms with van der Waals surface area (Å²) in [6.07, 6.45) is 1.73. The van der Waals surface area contributed by atoms with Gasteiger partial charge in [0.25, 0.3) is 11.5 Å².